The van der Waals surface area contributed by atoms with Gasteiger partial charge in [-0.3, -0.25) is 9.59 Å². The summed E-state index contributed by atoms with van der Waals surface area (Å²) in [5, 5.41) is 18.3. The maximum atomic E-state index is 12.8. The van der Waals surface area contributed by atoms with E-state index < -0.39 is 11.8 Å². The molecule has 3 aromatic carbocycles. The van der Waals surface area contributed by atoms with Gasteiger partial charge in [0, 0.05) is 23.6 Å². The smallest absolute Gasteiger partial charge is 0.271 e. The number of benzene rings is 3. The monoisotopic (exact) mass is 442 g/mol. The molecule has 32 heavy (non-hydrogen) atoms. The summed E-state index contributed by atoms with van der Waals surface area (Å²) in [5.41, 5.74) is 2.86. The fourth-order valence-corrected chi connectivity index (χ4v) is 3.79. The van der Waals surface area contributed by atoms with E-state index in [1.165, 1.54) is 5.01 Å². The fourth-order valence-electron chi connectivity index (χ4n) is 3.50. The molecule has 2 amide bonds. The van der Waals surface area contributed by atoms with E-state index in [0.717, 1.165) is 5.56 Å². The van der Waals surface area contributed by atoms with Crippen molar-refractivity contribution in [2.24, 2.45) is 5.10 Å². The number of carbonyl (C=O) groups is 2. The van der Waals surface area contributed by atoms with Crippen molar-refractivity contribution in [3.63, 3.8) is 0 Å². The van der Waals surface area contributed by atoms with E-state index in [4.69, 9.17) is 11.6 Å². The van der Waals surface area contributed by atoms with E-state index in [0.29, 0.717) is 22.0 Å². The van der Waals surface area contributed by atoms with Gasteiger partial charge in [-0.2, -0.15) is 10.4 Å². The Bertz CT molecular complexity index is 1220. The predicted octanol–water partition coefficient (Wildman–Crippen LogP) is 5.12. The Hall–Kier alpha value is -3.95. The molecular formula is C25H19ClN4O2. The van der Waals surface area contributed by atoms with Gasteiger partial charge in [0.1, 0.15) is 5.71 Å². The van der Waals surface area contributed by atoms with Crippen LogP contribution < -0.4 is 10.3 Å². The van der Waals surface area contributed by atoms with Gasteiger partial charge >= 0.3 is 0 Å². The first-order valence-corrected chi connectivity index (χ1v) is 10.5. The number of amides is 2. The Morgan fingerprint density at radius 1 is 1.03 bits per heavy atom. The minimum absolute atomic E-state index is 0.163. The molecule has 0 fully saturated rings. The molecule has 6 nitrogen and oxygen atoms in total. The van der Waals surface area contributed by atoms with Gasteiger partial charge < -0.3 is 5.32 Å². The van der Waals surface area contributed by atoms with Crippen LogP contribution in [0.2, 0.25) is 5.02 Å². The number of hydrogen-bond donors (Lipinski definition) is 1. The van der Waals surface area contributed by atoms with Gasteiger partial charge in [-0.1, -0.05) is 66.2 Å². The van der Waals surface area contributed by atoms with Crippen molar-refractivity contribution >= 4 is 40.5 Å². The predicted molar refractivity (Wildman–Crippen MR) is 125 cm³/mol. The van der Waals surface area contributed by atoms with Crippen LogP contribution in [0.5, 0.6) is 0 Å². The third-order valence-corrected chi connectivity index (χ3v) is 5.45. The van der Waals surface area contributed by atoms with Gasteiger partial charge in [0.15, 0.2) is 0 Å². The first-order chi connectivity index (χ1) is 15.6. The van der Waals surface area contributed by atoms with Gasteiger partial charge in [0.25, 0.3) is 5.91 Å². The number of nitrogens with zero attached hydrogens (tertiary/aromatic N) is 3. The SMILES string of the molecule is N#CC(c1ccccc1)c1ccc(NC(=O)C2=NN(c3ccccc3)C(=O)CC2)cc1Cl. The van der Waals surface area contributed by atoms with E-state index in [1.54, 1.807) is 42.5 Å². The summed E-state index contributed by atoms with van der Waals surface area (Å²) in [6.07, 6.45) is 0.450. The van der Waals surface area contributed by atoms with Crippen LogP contribution in [-0.2, 0) is 9.59 Å². The van der Waals surface area contributed by atoms with Crippen molar-refractivity contribution in [2.75, 3.05) is 10.3 Å². The number of anilines is 2. The number of hydrazone groups is 1. The van der Waals surface area contributed by atoms with E-state index in [9.17, 15) is 14.9 Å². The van der Waals surface area contributed by atoms with Crippen LogP contribution in [0, 0.1) is 11.3 Å². The van der Waals surface area contributed by atoms with Gasteiger partial charge in [0.2, 0.25) is 5.91 Å². The molecule has 1 N–H and O–H groups in total. The van der Waals surface area contributed by atoms with Crippen molar-refractivity contribution in [1.29, 1.82) is 5.26 Å². The minimum Gasteiger partial charge on any atom is -0.321 e. The third kappa shape index (κ3) is 4.53. The average molecular weight is 443 g/mol. The van der Waals surface area contributed by atoms with Gasteiger partial charge in [-0.05, 0) is 35.4 Å². The Labute approximate surface area is 190 Å². The highest BCUT2D eigenvalue weighted by Crippen LogP contribution is 2.32. The van der Waals surface area contributed by atoms with Crippen LogP contribution in [0.4, 0.5) is 11.4 Å². The molecule has 1 atom stereocenters. The molecule has 1 heterocycles. The van der Waals surface area contributed by atoms with Crippen LogP contribution in [0.3, 0.4) is 0 Å². The number of carbonyl (C=O) groups excluding carboxylic acids is 2. The summed E-state index contributed by atoms with van der Waals surface area (Å²) in [4.78, 5) is 25.0. The molecule has 0 radical (unpaired) electrons. The molecule has 0 spiro atoms. The van der Waals surface area contributed by atoms with Crippen molar-refractivity contribution in [3.8, 4) is 6.07 Å². The lowest BCUT2D eigenvalue weighted by Crippen LogP contribution is -2.36. The van der Waals surface area contributed by atoms with Crippen LogP contribution in [0.15, 0.2) is 84.0 Å². The normalized spacial score (nSPS) is 14.3. The molecule has 4 rings (SSSR count). The lowest BCUT2D eigenvalue weighted by atomic mass is 9.92. The van der Waals surface area contributed by atoms with Gasteiger partial charge in [-0.25, -0.2) is 5.01 Å². The number of rotatable bonds is 5. The maximum Gasteiger partial charge on any atom is 0.271 e. The Morgan fingerprint density at radius 3 is 2.38 bits per heavy atom. The second-order valence-electron chi connectivity index (χ2n) is 7.25. The summed E-state index contributed by atoms with van der Waals surface area (Å²) in [6, 6.07) is 25.7. The number of halogens is 1. The molecule has 3 aromatic rings. The summed E-state index contributed by atoms with van der Waals surface area (Å²) >= 11 is 6.46. The molecule has 0 aromatic heterocycles. The summed E-state index contributed by atoms with van der Waals surface area (Å²) in [6.45, 7) is 0. The summed E-state index contributed by atoms with van der Waals surface area (Å²) < 4.78 is 0. The summed E-state index contributed by atoms with van der Waals surface area (Å²) in [7, 11) is 0. The average Bonchev–Trinajstić information content (AvgIpc) is 2.82. The fraction of sp³-hybridized carbons (Fsp3) is 0.120. The standard InChI is InChI=1S/C25H19ClN4O2/c26-22-15-18(11-12-20(22)21(16-27)17-7-3-1-4-8-17)28-25(32)23-13-14-24(31)30(29-23)19-9-5-2-6-10-19/h1-12,15,21H,13-14H2,(H,28,32). The van der Waals surface area contributed by atoms with Crippen molar-refractivity contribution < 1.29 is 9.59 Å². The molecule has 0 bridgehead atoms. The molecule has 0 saturated heterocycles. The highest BCUT2D eigenvalue weighted by atomic mass is 35.5. The maximum absolute atomic E-state index is 12.8. The zero-order valence-electron chi connectivity index (χ0n) is 17.0. The summed E-state index contributed by atoms with van der Waals surface area (Å²) in [5.74, 6) is -1.08. The second kappa shape index (κ2) is 9.46. The quantitative estimate of drug-likeness (QED) is 0.595. The molecule has 1 aliphatic heterocycles. The van der Waals surface area contributed by atoms with Gasteiger partial charge in [-0.15, -0.1) is 0 Å². The molecule has 0 saturated carbocycles. The third-order valence-electron chi connectivity index (χ3n) is 5.13. The van der Waals surface area contributed by atoms with Crippen LogP contribution >= 0.6 is 11.6 Å². The number of hydrogen-bond acceptors (Lipinski definition) is 4. The molecule has 1 aliphatic rings. The van der Waals surface area contributed by atoms with E-state index in [1.807, 2.05) is 36.4 Å². The zero-order valence-corrected chi connectivity index (χ0v) is 17.8. The van der Waals surface area contributed by atoms with Gasteiger partial charge in [0.05, 0.1) is 17.7 Å². The van der Waals surface area contributed by atoms with E-state index in [-0.39, 0.29) is 24.5 Å². The van der Waals surface area contributed by atoms with Crippen LogP contribution in [-0.4, -0.2) is 17.5 Å². The number of nitrogens with one attached hydrogen (secondary N) is 1. The topological polar surface area (TPSA) is 85.6 Å². The number of para-hydroxylation sites is 1. The highest BCUT2D eigenvalue weighted by Gasteiger charge is 2.26. The van der Waals surface area contributed by atoms with E-state index >= 15 is 0 Å². The van der Waals surface area contributed by atoms with E-state index in [2.05, 4.69) is 16.5 Å². The lowest BCUT2D eigenvalue weighted by Gasteiger charge is -2.23. The molecular weight excluding hydrogens is 424 g/mol. The van der Waals surface area contributed by atoms with Crippen molar-refractivity contribution in [2.45, 2.75) is 18.8 Å². The first-order valence-electron chi connectivity index (χ1n) is 10.1. The largest absolute Gasteiger partial charge is 0.321 e. The Morgan fingerprint density at radius 2 is 1.72 bits per heavy atom. The first kappa shape index (κ1) is 21.3. The highest BCUT2D eigenvalue weighted by molar-refractivity contribution is 6.44. The molecule has 1 unspecified atom stereocenters. The molecule has 7 heteroatoms. The molecule has 0 aliphatic carbocycles. The van der Waals surface area contributed by atoms with Crippen molar-refractivity contribution in [1.82, 2.24) is 0 Å². The lowest BCUT2D eigenvalue weighted by molar-refractivity contribution is -0.118. The van der Waals surface area contributed by atoms with Crippen LogP contribution in [0.25, 0.3) is 0 Å². The molecule has 158 valence electrons. The number of nitriles is 1. The van der Waals surface area contributed by atoms with Crippen LogP contribution in [0.1, 0.15) is 29.9 Å². The minimum atomic E-state index is -0.512. The Balaban J connectivity index is 1.53. The zero-order chi connectivity index (χ0) is 22.5. The second-order valence-corrected chi connectivity index (χ2v) is 7.66. The Kier molecular flexibility index (Phi) is 6.29. The van der Waals surface area contributed by atoms with Crippen molar-refractivity contribution in [3.05, 3.63) is 95.0 Å².